The van der Waals surface area contributed by atoms with Crippen LogP contribution in [0.15, 0.2) is 48.9 Å². The summed E-state index contributed by atoms with van der Waals surface area (Å²) in [7, 11) is 0. The first-order valence-corrected chi connectivity index (χ1v) is 9.13. The van der Waals surface area contributed by atoms with E-state index in [-0.39, 0.29) is 0 Å². The van der Waals surface area contributed by atoms with Crippen LogP contribution in [0.5, 0.6) is 0 Å². The van der Waals surface area contributed by atoms with E-state index < -0.39 is 0 Å². The van der Waals surface area contributed by atoms with E-state index in [4.69, 9.17) is 4.98 Å². The molecule has 1 aliphatic rings. The van der Waals surface area contributed by atoms with Crippen LogP contribution in [-0.4, -0.2) is 46.1 Å². The topological polar surface area (TPSA) is 70.1 Å². The highest BCUT2D eigenvalue weighted by Crippen LogP contribution is 2.20. The second-order valence-electron chi connectivity index (χ2n) is 6.76. The number of hydrogen-bond donors (Lipinski definition) is 1. The van der Waals surface area contributed by atoms with E-state index in [0.29, 0.717) is 5.95 Å². The van der Waals surface area contributed by atoms with E-state index in [1.807, 2.05) is 12.1 Å². The molecule has 0 atom stereocenters. The van der Waals surface area contributed by atoms with Gasteiger partial charge in [0.1, 0.15) is 5.82 Å². The van der Waals surface area contributed by atoms with Crippen molar-refractivity contribution in [3.8, 4) is 0 Å². The monoisotopic (exact) mass is 361 g/mol. The Morgan fingerprint density at radius 1 is 0.815 bits per heavy atom. The van der Waals surface area contributed by atoms with Crippen LogP contribution in [0, 0.1) is 13.8 Å². The van der Waals surface area contributed by atoms with Crippen molar-refractivity contribution in [2.24, 2.45) is 0 Å². The van der Waals surface area contributed by atoms with E-state index in [1.165, 1.54) is 11.1 Å². The first kappa shape index (κ1) is 17.2. The van der Waals surface area contributed by atoms with Gasteiger partial charge in [0, 0.05) is 50.5 Å². The lowest BCUT2D eigenvalue weighted by molar-refractivity contribution is 0.634. The van der Waals surface area contributed by atoms with Gasteiger partial charge in [-0.15, -0.1) is 0 Å². The molecule has 1 aromatic carbocycles. The number of benzene rings is 1. The highest BCUT2D eigenvalue weighted by Gasteiger charge is 2.20. The summed E-state index contributed by atoms with van der Waals surface area (Å²) < 4.78 is 0. The molecule has 1 N–H and O–H groups in total. The fourth-order valence-corrected chi connectivity index (χ4v) is 3.35. The molecule has 138 valence electrons. The van der Waals surface area contributed by atoms with E-state index in [0.717, 1.165) is 43.6 Å². The minimum atomic E-state index is 0.617. The molecule has 7 nitrogen and oxygen atoms in total. The van der Waals surface area contributed by atoms with Gasteiger partial charge in [0.2, 0.25) is 11.9 Å². The zero-order chi connectivity index (χ0) is 18.6. The Bertz CT molecular complexity index is 885. The molecule has 3 aromatic rings. The third-order valence-electron chi connectivity index (χ3n) is 4.56. The standard InChI is InChI=1S/C20H23N7/c1-15-12-16(2)14-17(13-15)24-19-21-7-4-18(25-19)26-8-10-27(11-9-26)20-22-5-3-6-23-20/h3-7,12-14H,8-11H2,1-2H3,(H,21,24,25). The van der Waals surface area contributed by atoms with Crippen LogP contribution in [-0.2, 0) is 0 Å². The second-order valence-corrected chi connectivity index (χ2v) is 6.76. The molecule has 27 heavy (non-hydrogen) atoms. The molecule has 1 fully saturated rings. The zero-order valence-corrected chi connectivity index (χ0v) is 15.6. The maximum Gasteiger partial charge on any atom is 0.229 e. The number of aromatic nitrogens is 4. The summed E-state index contributed by atoms with van der Waals surface area (Å²) >= 11 is 0. The Balaban J connectivity index is 1.44. The van der Waals surface area contributed by atoms with Crippen LogP contribution >= 0.6 is 0 Å². The van der Waals surface area contributed by atoms with Crippen molar-refractivity contribution in [2.45, 2.75) is 13.8 Å². The normalized spacial score (nSPS) is 14.3. The minimum absolute atomic E-state index is 0.617. The summed E-state index contributed by atoms with van der Waals surface area (Å²) in [6, 6.07) is 10.1. The SMILES string of the molecule is Cc1cc(C)cc(Nc2nccc(N3CCN(c4ncccn4)CC3)n2)c1. The van der Waals surface area contributed by atoms with Crippen molar-refractivity contribution in [3.05, 3.63) is 60.0 Å². The molecule has 0 amide bonds. The first-order chi connectivity index (χ1) is 13.2. The Hall–Kier alpha value is -3.22. The Morgan fingerprint density at radius 2 is 1.48 bits per heavy atom. The molecule has 0 bridgehead atoms. The number of aryl methyl sites for hydroxylation is 2. The molecule has 0 spiro atoms. The molecular weight excluding hydrogens is 338 g/mol. The van der Waals surface area contributed by atoms with E-state index >= 15 is 0 Å². The largest absolute Gasteiger partial charge is 0.353 e. The summed E-state index contributed by atoms with van der Waals surface area (Å²) in [5.74, 6) is 2.34. The molecule has 1 aliphatic heterocycles. The highest BCUT2D eigenvalue weighted by molar-refractivity contribution is 5.57. The molecule has 4 rings (SSSR count). The molecule has 0 unspecified atom stereocenters. The molecule has 0 aliphatic carbocycles. The zero-order valence-electron chi connectivity index (χ0n) is 15.6. The van der Waals surface area contributed by atoms with E-state index in [1.54, 1.807) is 18.6 Å². The maximum atomic E-state index is 4.70. The molecule has 0 radical (unpaired) electrons. The smallest absolute Gasteiger partial charge is 0.229 e. The summed E-state index contributed by atoms with van der Waals surface area (Å²) in [5, 5.41) is 3.32. The van der Waals surface area contributed by atoms with E-state index in [9.17, 15) is 0 Å². The van der Waals surface area contributed by atoms with Gasteiger partial charge in [-0.1, -0.05) is 6.07 Å². The fraction of sp³-hybridized carbons (Fsp3) is 0.300. The number of nitrogens with zero attached hydrogens (tertiary/aromatic N) is 6. The number of hydrogen-bond acceptors (Lipinski definition) is 7. The summed E-state index contributed by atoms with van der Waals surface area (Å²) in [6.45, 7) is 7.66. The number of rotatable bonds is 4. The third-order valence-corrected chi connectivity index (χ3v) is 4.56. The summed E-state index contributed by atoms with van der Waals surface area (Å²) in [6.07, 6.45) is 5.37. The molecular formula is C20H23N7. The number of anilines is 4. The van der Waals surface area contributed by atoms with E-state index in [2.05, 4.69) is 62.1 Å². The lowest BCUT2D eigenvalue weighted by Crippen LogP contribution is -2.47. The van der Waals surface area contributed by atoms with Gasteiger partial charge in [0.15, 0.2) is 0 Å². The van der Waals surface area contributed by atoms with Crippen LogP contribution in [0.25, 0.3) is 0 Å². The van der Waals surface area contributed by atoms with Crippen molar-refractivity contribution < 1.29 is 0 Å². The van der Waals surface area contributed by atoms with Crippen LogP contribution in [0.3, 0.4) is 0 Å². The molecule has 0 saturated carbocycles. The predicted octanol–water partition coefficient (Wildman–Crippen LogP) is 2.95. The fourth-order valence-electron chi connectivity index (χ4n) is 3.35. The molecule has 1 saturated heterocycles. The van der Waals surface area contributed by atoms with Crippen LogP contribution in [0.2, 0.25) is 0 Å². The summed E-state index contributed by atoms with van der Waals surface area (Å²) in [5.41, 5.74) is 3.44. The number of piperazine rings is 1. The van der Waals surface area contributed by atoms with Gasteiger partial charge >= 0.3 is 0 Å². The lowest BCUT2D eigenvalue weighted by atomic mass is 10.1. The number of nitrogens with one attached hydrogen (secondary N) is 1. The van der Waals surface area contributed by atoms with Gasteiger partial charge < -0.3 is 15.1 Å². The first-order valence-electron chi connectivity index (χ1n) is 9.13. The lowest BCUT2D eigenvalue weighted by Gasteiger charge is -2.35. The van der Waals surface area contributed by atoms with Gasteiger partial charge in [-0.3, -0.25) is 0 Å². The average Bonchev–Trinajstić information content (AvgIpc) is 2.68. The third kappa shape index (κ3) is 4.13. The van der Waals surface area contributed by atoms with Gasteiger partial charge in [-0.25, -0.2) is 15.0 Å². The van der Waals surface area contributed by atoms with Crippen LogP contribution in [0.1, 0.15) is 11.1 Å². The average molecular weight is 361 g/mol. The quantitative estimate of drug-likeness (QED) is 0.766. The molecule has 3 heterocycles. The Kier molecular flexibility index (Phi) is 4.82. The molecule has 2 aromatic heterocycles. The van der Waals surface area contributed by atoms with Crippen molar-refractivity contribution in [3.63, 3.8) is 0 Å². The maximum absolute atomic E-state index is 4.70. The Labute approximate surface area is 159 Å². The van der Waals surface area contributed by atoms with Gasteiger partial charge in [-0.2, -0.15) is 4.98 Å². The van der Waals surface area contributed by atoms with Gasteiger partial charge in [0.25, 0.3) is 0 Å². The van der Waals surface area contributed by atoms with Gasteiger partial charge in [-0.05, 0) is 49.2 Å². The predicted molar refractivity (Wildman–Crippen MR) is 108 cm³/mol. The summed E-state index contributed by atoms with van der Waals surface area (Å²) in [4.78, 5) is 22.2. The Morgan fingerprint density at radius 3 is 2.19 bits per heavy atom. The van der Waals surface area contributed by atoms with Crippen molar-refractivity contribution in [2.75, 3.05) is 41.3 Å². The van der Waals surface area contributed by atoms with Crippen molar-refractivity contribution >= 4 is 23.4 Å². The van der Waals surface area contributed by atoms with Crippen LogP contribution < -0.4 is 15.1 Å². The minimum Gasteiger partial charge on any atom is -0.353 e. The van der Waals surface area contributed by atoms with Gasteiger partial charge in [0.05, 0.1) is 0 Å². The van der Waals surface area contributed by atoms with Crippen molar-refractivity contribution in [1.29, 1.82) is 0 Å². The van der Waals surface area contributed by atoms with Crippen molar-refractivity contribution in [1.82, 2.24) is 19.9 Å². The second kappa shape index (κ2) is 7.57. The highest BCUT2D eigenvalue weighted by atomic mass is 15.3. The van der Waals surface area contributed by atoms with Crippen LogP contribution in [0.4, 0.5) is 23.4 Å². The molecule has 7 heteroatoms.